The normalized spacial score (nSPS) is 30.1. The number of hydrogen-bond donors (Lipinski definition) is 2. The van der Waals surface area contributed by atoms with Crippen molar-refractivity contribution in [3.05, 3.63) is 17.0 Å². The number of aliphatic hydroxyl groups excluding tert-OH is 1. The minimum atomic E-state index is -0.0650. The molecule has 4 nitrogen and oxygen atoms in total. The van der Waals surface area contributed by atoms with Gasteiger partial charge in [-0.3, -0.25) is 4.68 Å². The monoisotopic (exact) mass is 277 g/mol. The molecule has 2 saturated carbocycles. The van der Waals surface area contributed by atoms with Crippen LogP contribution in [0.4, 0.5) is 0 Å². The molecule has 3 rings (SSSR count). The van der Waals surface area contributed by atoms with E-state index in [4.69, 9.17) is 5.10 Å². The smallest absolute Gasteiger partial charge is 0.0628 e. The first-order valence-electron chi connectivity index (χ1n) is 8.01. The third-order valence-electron chi connectivity index (χ3n) is 5.15. The van der Waals surface area contributed by atoms with E-state index in [0.29, 0.717) is 12.1 Å². The molecule has 112 valence electrons. The summed E-state index contributed by atoms with van der Waals surface area (Å²) in [7, 11) is 0. The van der Waals surface area contributed by atoms with E-state index in [0.717, 1.165) is 25.7 Å². The highest BCUT2D eigenvalue weighted by atomic mass is 16.3. The highest BCUT2D eigenvalue weighted by Crippen LogP contribution is 2.40. The minimum Gasteiger partial charge on any atom is -0.394 e. The van der Waals surface area contributed by atoms with Crippen molar-refractivity contribution in [2.45, 2.75) is 76.9 Å². The molecule has 0 aliphatic heterocycles. The summed E-state index contributed by atoms with van der Waals surface area (Å²) in [6.45, 7) is 6.74. The molecule has 0 radical (unpaired) electrons. The van der Waals surface area contributed by atoms with Crippen LogP contribution in [0, 0.1) is 13.8 Å². The largest absolute Gasteiger partial charge is 0.394 e. The van der Waals surface area contributed by atoms with Crippen LogP contribution >= 0.6 is 0 Å². The fourth-order valence-electron chi connectivity index (χ4n) is 3.85. The van der Waals surface area contributed by atoms with E-state index in [-0.39, 0.29) is 12.1 Å². The van der Waals surface area contributed by atoms with E-state index in [2.05, 4.69) is 30.8 Å². The van der Waals surface area contributed by atoms with Crippen molar-refractivity contribution in [2.75, 3.05) is 6.61 Å². The van der Waals surface area contributed by atoms with Gasteiger partial charge in [0.2, 0.25) is 0 Å². The minimum absolute atomic E-state index is 0.0650. The number of aryl methyl sites for hydroxylation is 1. The zero-order valence-corrected chi connectivity index (χ0v) is 12.9. The Labute approximate surface area is 121 Å². The molecule has 1 heterocycles. The maximum Gasteiger partial charge on any atom is 0.0628 e. The molecule has 2 unspecified atom stereocenters. The SMILES string of the molecule is CCc1c(C)nn(C2CCC(CO)(NC3CC3)C2)c1C. The summed E-state index contributed by atoms with van der Waals surface area (Å²) in [5, 5.41) is 18.3. The van der Waals surface area contributed by atoms with Crippen LogP contribution in [0.1, 0.15) is 62.0 Å². The Morgan fingerprint density at radius 2 is 2.10 bits per heavy atom. The summed E-state index contributed by atoms with van der Waals surface area (Å²) in [6, 6.07) is 1.08. The van der Waals surface area contributed by atoms with Gasteiger partial charge < -0.3 is 10.4 Å². The molecule has 0 spiro atoms. The number of nitrogens with zero attached hydrogens (tertiary/aromatic N) is 2. The maximum atomic E-state index is 9.84. The lowest BCUT2D eigenvalue weighted by atomic mass is 9.98. The Hall–Kier alpha value is -0.870. The van der Waals surface area contributed by atoms with Crippen LogP contribution in [0.5, 0.6) is 0 Å². The summed E-state index contributed by atoms with van der Waals surface area (Å²) in [5.41, 5.74) is 3.81. The van der Waals surface area contributed by atoms with Crippen LogP contribution in [0.2, 0.25) is 0 Å². The van der Waals surface area contributed by atoms with Crippen molar-refractivity contribution in [3.8, 4) is 0 Å². The third kappa shape index (κ3) is 2.40. The zero-order chi connectivity index (χ0) is 14.3. The van der Waals surface area contributed by atoms with Gasteiger partial charge in [0.15, 0.2) is 0 Å². The topological polar surface area (TPSA) is 50.1 Å². The number of aliphatic hydroxyl groups is 1. The molecule has 0 aromatic carbocycles. The van der Waals surface area contributed by atoms with E-state index in [1.165, 1.54) is 29.8 Å². The van der Waals surface area contributed by atoms with Crippen LogP contribution < -0.4 is 5.32 Å². The standard InChI is InChI=1S/C16H27N3O/c1-4-15-11(2)18-19(12(15)3)14-7-8-16(9-14,10-20)17-13-5-6-13/h13-14,17,20H,4-10H2,1-3H3. The summed E-state index contributed by atoms with van der Waals surface area (Å²) in [6.07, 6.45) is 6.77. The van der Waals surface area contributed by atoms with Crippen molar-refractivity contribution >= 4 is 0 Å². The molecule has 1 aromatic rings. The molecule has 0 amide bonds. The molecule has 0 saturated heterocycles. The van der Waals surface area contributed by atoms with Gasteiger partial charge in [0, 0.05) is 17.3 Å². The van der Waals surface area contributed by atoms with Gasteiger partial charge >= 0.3 is 0 Å². The molecular formula is C16H27N3O. The summed E-state index contributed by atoms with van der Waals surface area (Å²) >= 11 is 0. The van der Waals surface area contributed by atoms with Crippen molar-refractivity contribution in [1.29, 1.82) is 0 Å². The third-order valence-corrected chi connectivity index (χ3v) is 5.15. The Balaban J connectivity index is 1.79. The van der Waals surface area contributed by atoms with Gasteiger partial charge in [-0.2, -0.15) is 5.10 Å². The lowest BCUT2D eigenvalue weighted by Gasteiger charge is -2.29. The maximum absolute atomic E-state index is 9.84. The average molecular weight is 277 g/mol. The van der Waals surface area contributed by atoms with Gasteiger partial charge in [-0.1, -0.05) is 6.92 Å². The summed E-state index contributed by atoms with van der Waals surface area (Å²) in [5.74, 6) is 0. The first-order valence-corrected chi connectivity index (χ1v) is 8.01. The van der Waals surface area contributed by atoms with Crippen molar-refractivity contribution in [2.24, 2.45) is 0 Å². The number of nitrogens with one attached hydrogen (secondary N) is 1. The Kier molecular flexibility index (Phi) is 3.63. The van der Waals surface area contributed by atoms with E-state index >= 15 is 0 Å². The highest BCUT2D eigenvalue weighted by Gasteiger charge is 2.43. The fourth-order valence-corrected chi connectivity index (χ4v) is 3.85. The first-order chi connectivity index (χ1) is 9.58. The molecule has 4 heteroatoms. The van der Waals surface area contributed by atoms with Crippen LogP contribution in [0.25, 0.3) is 0 Å². The molecule has 0 bridgehead atoms. The summed E-state index contributed by atoms with van der Waals surface area (Å²) in [4.78, 5) is 0. The molecule has 1 aromatic heterocycles. The highest BCUT2D eigenvalue weighted by molar-refractivity contribution is 5.25. The Bertz CT molecular complexity index is 492. The molecule has 2 aliphatic rings. The van der Waals surface area contributed by atoms with Crippen LogP contribution in [0.3, 0.4) is 0 Å². The molecule has 2 fully saturated rings. The molecular weight excluding hydrogens is 250 g/mol. The second kappa shape index (κ2) is 5.15. The van der Waals surface area contributed by atoms with E-state index in [1.54, 1.807) is 0 Å². The lowest BCUT2D eigenvalue weighted by Crippen LogP contribution is -2.47. The second-order valence-corrected chi connectivity index (χ2v) is 6.70. The van der Waals surface area contributed by atoms with E-state index in [1.807, 2.05) is 0 Å². The van der Waals surface area contributed by atoms with E-state index in [9.17, 15) is 5.11 Å². The molecule has 20 heavy (non-hydrogen) atoms. The van der Waals surface area contributed by atoms with Gasteiger partial charge in [-0.25, -0.2) is 0 Å². The predicted molar refractivity (Wildman–Crippen MR) is 79.9 cm³/mol. The zero-order valence-electron chi connectivity index (χ0n) is 12.9. The lowest BCUT2D eigenvalue weighted by molar-refractivity contribution is 0.158. The fraction of sp³-hybridized carbons (Fsp3) is 0.812. The number of aromatic nitrogens is 2. The summed E-state index contributed by atoms with van der Waals surface area (Å²) < 4.78 is 2.22. The molecule has 2 atom stereocenters. The van der Waals surface area contributed by atoms with Gasteiger partial charge in [0.25, 0.3) is 0 Å². The van der Waals surface area contributed by atoms with Gasteiger partial charge in [0.1, 0.15) is 0 Å². The average Bonchev–Trinajstić information content (AvgIpc) is 3.06. The van der Waals surface area contributed by atoms with Gasteiger partial charge in [-0.05, 0) is 57.9 Å². The van der Waals surface area contributed by atoms with Gasteiger partial charge in [-0.15, -0.1) is 0 Å². The molecule has 2 N–H and O–H groups in total. The van der Waals surface area contributed by atoms with E-state index < -0.39 is 0 Å². The number of hydrogen-bond acceptors (Lipinski definition) is 3. The van der Waals surface area contributed by atoms with Gasteiger partial charge in [0.05, 0.1) is 18.3 Å². The Morgan fingerprint density at radius 3 is 2.65 bits per heavy atom. The van der Waals surface area contributed by atoms with Crippen molar-refractivity contribution in [1.82, 2.24) is 15.1 Å². The second-order valence-electron chi connectivity index (χ2n) is 6.70. The van der Waals surface area contributed by atoms with Crippen LogP contribution in [-0.4, -0.2) is 33.1 Å². The molecule has 2 aliphatic carbocycles. The predicted octanol–water partition coefficient (Wildman–Crippen LogP) is 2.27. The van der Waals surface area contributed by atoms with Crippen molar-refractivity contribution in [3.63, 3.8) is 0 Å². The van der Waals surface area contributed by atoms with Crippen LogP contribution in [0.15, 0.2) is 0 Å². The van der Waals surface area contributed by atoms with Crippen LogP contribution in [-0.2, 0) is 6.42 Å². The number of rotatable bonds is 5. The first kappa shape index (κ1) is 14.1. The Morgan fingerprint density at radius 1 is 1.35 bits per heavy atom. The van der Waals surface area contributed by atoms with Crippen molar-refractivity contribution < 1.29 is 5.11 Å². The quantitative estimate of drug-likeness (QED) is 0.868.